The number of amides is 1. The zero-order chi connectivity index (χ0) is 26.5. The summed E-state index contributed by atoms with van der Waals surface area (Å²) in [6, 6.07) is 10.7. The van der Waals surface area contributed by atoms with Crippen molar-refractivity contribution in [1.29, 1.82) is 0 Å². The highest BCUT2D eigenvalue weighted by Gasteiger charge is 2.55. The van der Waals surface area contributed by atoms with Crippen LogP contribution in [0.1, 0.15) is 61.1 Å². The van der Waals surface area contributed by atoms with Gasteiger partial charge in [0.05, 0.1) is 18.3 Å². The summed E-state index contributed by atoms with van der Waals surface area (Å²) >= 11 is 0. The van der Waals surface area contributed by atoms with Crippen molar-refractivity contribution < 1.29 is 38.7 Å². The van der Waals surface area contributed by atoms with E-state index in [1.165, 1.54) is 0 Å². The van der Waals surface area contributed by atoms with E-state index >= 15 is 0 Å². The molecule has 9 heteroatoms. The molecule has 1 amide bonds. The predicted octanol–water partition coefficient (Wildman–Crippen LogP) is 4.18. The van der Waals surface area contributed by atoms with E-state index < -0.39 is 11.6 Å². The number of hydrogen-bond acceptors (Lipinski definition) is 7. The second-order valence-corrected chi connectivity index (χ2v) is 11.2. The average molecular weight is 524 g/mol. The topological polar surface area (TPSA) is 115 Å². The summed E-state index contributed by atoms with van der Waals surface area (Å²) in [7, 11) is 0. The third kappa shape index (κ3) is 4.22. The standard InChI is InChI=1S/C29H33NO8/c1-28(9-8-23(32)33)20-16-29(17-37-24(20)18-4-2-6-21(31)25(18)38-28)10-12-30(13-11-29)27(34)19-5-3-7-22-26(19)36-15-14-35-22/h2-7,20,24,31H,8-17H2,1H3,(H,32,33)/t20-,24+,28+/m1/s1. The van der Waals surface area contributed by atoms with Gasteiger partial charge in [-0.1, -0.05) is 18.2 Å². The van der Waals surface area contributed by atoms with Crippen LogP contribution in [0.2, 0.25) is 0 Å². The Morgan fingerprint density at radius 2 is 1.82 bits per heavy atom. The minimum absolute atomic E-state index is 0.0366. The molecule has 202 valence electrons. The number of carbonyl (C=O) groups excluding carboxylic acids is 1. The molecule has 4 aliphatic rings. The zero-order valence-electron chi connectivity index (χ0n) is 21.5. The number of rotatable bonds is 4. The minimum Gasteiger partial charge on any atom is -0.504 e. The Morgan fingerprint density at radius 1 is 1.05 bits per heavy atom. The van der Waals surface area contributed by atoms with Crippen LogP contribution in [0.4, 0.5) is 0 Å². The van der Waals surface area contributed by atoms with Gasteiger partial charge in [0.1, 0.15) is 18.8 Å². The van der Waals surface area contributed by atoms with Crippen LogP contribution in [-0.2, 0) is 9.53 Å². The smallest absolute Gasteiger partial charge is 0.303 e. The number of benzene rings is 2. The van der Waals surface area contributed by atoms with Crippen molar-refractivity contribution in [2.45, 2.75) is 50.7 Å². The molecule has 2 N–H and O–H groups in total. The molecule has 4 heterocycles. The molecule has 6 rings (SSSR count). The molecular formula is C29H33NO8. The maximum absolute atomic E-state index is 13.5. The second kappa shape index (κ2) is 9.38. The number of para-hydroxylation sites is 2. The van der Waals surface area contributed by atoms with Crippen molar-refractivity contribution in [1.82, 2.24) is 4.90 Å². The maximum Gasteiger partial charge on any atom is 0.303 e. The highest BCUT2D eigenvalue weighted by atomic mass is 16.6. The molecule has 2 fully saturated rings. The van der Waals surface area contributed by atoms with Gasteiger partial charge in [-0.2, -0.15) is 0 Å². The summed E-state index contributed by atoms with van der Waals surface area (Å²) in [6.07, 6.45) is 2.32. The van der Waals surface area contributed by atoms with E-state index in [0.717, 1.165) is 24.8 Å². The Kier molecular flexibility index (Phi) is 6.13. The number of aromatic hydroxyl groups is 1. The zero-order valence-corrected chi connectivity index (χ0v) is 21.5. The largest absolute Gasteiger partial charge is 0.504 e. The van der Waals surface area contributed by atoms with E-state index in [2.05, 4.69) is 0 Å². The van der Waals surface area contributed by atoms with Gasteiger partial charge >= 0.3 is 5.97 Å². The SMILES string of the molecule is C[C@@]1(CCC(=O)O)Oc2c(O)cccc2[C@@H]2OCC3(CCN(C(=O)c4cccc5c4OCCO5)CC3)C[C@H]21. The van der Waals surface area contributed by atoms with Crippen LogP contribution >= 0.6 is 0 Å². The molecule has 3 atom stereocenters. The van der Waals surface area contributed by atoms with Gasteiger partial charge in [0.25, 0.3) is 5.91 Å². The lowest BCUT2D eigenvalue weighted by Gasteiger charge is -2.55. The molecule has 0 bridgehead atoms. The number of hydrogen-bond donors (Lipinski definition) is 2. The fraction of sp³-hybridized carbons (Fsp3) is 0.517. The number of ether oxygens (including phenoxy) is 4. The number of carbonyl (C=O) groups is 2. The Hall–Kier alpha value is -3.46. The third-order valence-corrected chi connectivity index (χ3v) is 8.78. The van der Waals surface area contributed by atoms with Crippen LogP contribution in [0, 0.1) is 11.3 Å². The Labute approximate surface area is 221 Å². The molecule has 2 aromatic rings. The van der Waals surface area contributed by atoms with Gasteiger partial charge in [-0.3, -0.25) is 9.59 Å². The summed E-state index contributed by atoms with van der Waals surface area (Å²) in [5.74, 6) is 0.513. The van der Waals surface area contributed by atoms with E-state index in [9.17, 15) is 19.8 Å². The Balaban J connectivity index is 1.21. The maximum atomic E-state index is 13.5. The quantitative estimate of drug-likeness (QED) is 0.614. The Morgan fingerprint density at radius 3 is 2.61 bits per heavy atom. The summed E-state index contributed by atoms with van der Waals surface area (Å²) < 4.78 is 24.3. The number of likely N-dealkylation sites (tertiary alicyclic amines) is 1. The number of fused-ring (bicyclic) bond motifs is 4. The van der Waals surface area contributed by atoms with Gasteiger partial charge in [-0.25, -0.2) is 0 Å². The lowest BCUT2D eigenvalue weighted by Crippen LogP contribution is -2.56. The third-order valence-electron chi connectivity index (χ3n) is 8.78. The van der Waals surface area contributed by atoms with Gasteiger partial charge in [0, 0.05) is 31.0 Å². The summed E-state index contributed by atoms with van der Waals surface area (Å²) in [5, 5.41) is 19.9. The Bertz CT molecular complexity index is 1250. The summed E-state index contributed by atoms with van der Waals surface area (Å²) in [4.78, 5) is 26.8. The van der Waals surface area contributed by atoms with Crippen LogP contribution in [-0.4, -0.2) is 65.5 Å². The van der Waals surface area contributed by atoms with Crippen molar-refractivity contribution in [2.75, 3.05) is 32.9 Å². The van der Waals surface area contributed by atoms with E-state index in [0.29, 0.717) is 62.1 Å². The number of carboxylic acids is 1. The molecule has 1 spiro atoms. The average Bonchev–Trinajstić information content (AvgIpc) is 2.93. The number of nitrogens with zero attached hydrogens (tertiary/aromatic N) is 1. The summed E-state index contributed by atoms with van der Waals surface area (Å²) in [6.45, 7) is 4.55. The van der Waals surface area contributed by atoms with Crippen molar-refractivity contribution in [3.8, 4) is 23.0 Å². The van der Waals surface area contributed by atoms with Gasteiger partial charge < -0.3 is 34.1 Å². The molecule has 2 aromatic carbocycles. The molecule has 0 saturated carbocycles. The monoisotopic (exact) mass is 523 g/mol. The van der Waals surface area contributed by atoms with Crippen LogP contribution in [0.25, 0.3) is 0 Å². The molecule has 38 heavy (non-hydrogen) atoms. The van der Waals surface area contributed by atoms with Crippen molar-refractivity contribution >= 4 is 11.9 Å². The first-order valence-corrected chi connectivity index (χ1v) is 13.3. The lowest BCUT2D eigenvalue weighted by atomic mass is 9.63. The van der Waals surface area contributed by atoms with Crippen molar-refractivity contribution in [3.05, 3.63) is 47.5 Å². The first-order valence-electron chi connectivity index (χ1n) is 13.3. The molecule has 9 nitrogen and oxygen atoms in total. The van der Waals surface area contributed by atoms with Crippen LogP contribution in [0.3, 0.4) is 0 Å². The molecule has 0 aromatic heterocycles. The lowest BCUT2D eigenvalue weighted by molar-refractivity contribution is -0.181. The molecule has 4 aliphatic heterocycles. The van der Waals surface area contributed by atoms with Crippen LogP contribution < -0.4 is 14.2 Å². The highest BCUT2D eigenvalue weighted by molar-refractivity contribution is 5.98. The van der Waals surface area contributed by atoms with E-state index in [4.69, 9.17) is 18.9 Å². The molecule has 2 saturated heterocycles. The minimum atomic E-state index is -0.884. The van der Waals surface area contributed by atoms with Crippen molar-refractivity contribution in [2.24, 2.45) is 11.3 Å². The molecule has 0 aliphatic carbocycles. The summed E-state index contributed by atoms with van der Waals surface area (Å²) in [5.41, 5.74) is 0.378. The fourth-order valence-corrected chi connectivity index (χ4v) is 6.58. The van der Waals surface area contributed by atoms with Gasteiger partial charge in [0.2, 0.25) is 0 Å². The van der Waals surface area contributed by atoms with Gasteiger partial charge in [-0.05, 0) is 56.2 Å². The number of piperidine rings is 1. The molecule has 0 unspecified atom stereocenters. The molecular weight excluding hydrogens is 490 g/mol. The molecule has 0 radical (unpaired) electrons. The second-order valence-electron chi connectivity index (χ2n) is 11.2. The number of phenolic OH excluding ortho intramolecular Hbond substituents is 1. The normalized spacial score (nSPS) is 27.1. The highest BCUT2D eigenvalue weighted by Crippen LogP contribution is 2.58. The number of carboxylic acid groups (broad SMARTS) is 1. The predicted molar refractivity (Wildman–Crippen MR) is 136 cm³/mol. The first-order chi connectivity index (χ1) is 18.3. The number of phenols is 1. The van der Waals surface area contributed by atoms with Gasteiger partial charge in [0.15, 0.2) is 23.0 Å². The van der Waals surface area contributed by atoms with E-state index in [1.807, 2.05) is 30.0 Å². The van der Waals surface area contributed by atoms with E-state index in [-0.39, 0.29) is 35.5 Å². The first kappa shape index (κ1) is 24.9. The van der Waals surface area contributed by atoms with Crippen molar-refractivity contribution in [3.63, 3.8) is 0 Å². The number of aliphatic carboxylic acids is 1. The van der Waals surface area contributed by atoms with Gasteiger partial charge in [-0.15, -0.1) is 0 Å². The fourth-order valence-electron chi connectivity index (χ4n) is 6.58. The van der Waals surface area contributed by atoms with Crippen LogP contribution in [0.15, 0.2) is 36.4 Å². The van der Waals surface area contributed by atoms with Crippen LogP contribution in [0.5, 0.6) is 23.0 Å². The van der Waals surface area contributed by atoms with E-state index in [1.54, 1.807) is 18.2 Å².